The van der Waals surface area contributed by atoms with E-state index in [-0.39, 0.29) is 24.0 Å². The van der Waals surface area contributed by atoms with Crippen molar-refractivity contribution in [1.29, 1.82) is 0 Å². The lowest BCUT2D eigenvalue weighted by Gasteiger charge is -2.07. The molecule has 1 amide bonds. The molecule has 0 aliphatic heterocycles. The molecule has 0 aromatic heterocycles. The van der Waals surface area contributed by atoms with Crippen LogP contribution in [0.3, 0.4) is 0 Å². The van der Waals surface area contributed by atoms with E-state index in [9.17, 15) is 13.2 Å². The van der Waals surface area contributed by atoms with Gasteiger partial charge in [-0.2, -0.15) is 0 Å². The molecule has 1 aromatic rings. The van der Waals surface area contributed by atoms with Crippen LogP contribution in [0.25, 0.3) is 0 Å². The van der Waals surface area contributed by atoms with E-state index < -0.39 is 10.0 Å². The topological polar surface area (TPSA) is 95.5 Å². The van der Waals surface area contributed by atoms with Gasteiger partial charge < -0.3 is 10.4 Å². The third kappa shape index (κ3) is 5.37. The molecule has 0 heterocycles. The zero-order chi connectivity index (χ0) is 14.3. The van der Waals surface area contributed by atoms with Crippen molar-refractivity contribution in [1.82, 2.24) is 10.0 Å². The standard InChI is InChI=1S/C12H18N2O4S/c1-10(16)13-9-11-3-5-12(6-4-11)19(17,18)14-7-2-8-15/h3-6,14-15H,2,7-9H2,1H3,(H,13,16). The number of sulfonamides is 1. The van der Waals surface area contributed by atoms with Crippen LogP contribution in [0.5, 0.6) is 0 Å². The van der Waals surface area contributed by atoms with Crippen LogP contribution in [0.2, 0.25) is 0 Å². The average molecular weight is 286 g/mol. The van der Waals surface area contributed by atoms with Crippen molar-refractivity contribution in [3.8, 4) is 0 Å². The van der Waals surface area contributed by atoms with E-state index in [0.29, 0.717) is 13.0 Å². The van der Waals surface area contributed by atoms with Crippen molar-refractivity contribution in [2.24, 2.45) is 0 Å². The van der Waals surface area contributed by atoms with Crippen LogP contribution in [0, 0.1) is 0 Å². The van der Waals surface area contributed by atoms with E-state index in [0.717, 1.165) is 5.56 Å². The highest BCUT2D eigenvalue weighted by Crippen LogP contribution is 2.10. The molecule has 0 aliphatic carbocycles. The van der Waals surface area contributed by atoms with Gasteiger partial charge in [-0.05, 0) is 24.1 Å². The summed E-state index contributed by atoms with van der Waals surface area (Å²) in [6.45, 7) is 1.93. The summed E-state index contributed by atoms with van der Waals surface area (Å²) in [4.78, 5) is 10.9. The number of nitrogens with one attached hydrogen (secondary N) is 2. The van der Waals surface area contributed by atoms with Crippen LogP contribution in [-0.2, 0) is 21.4 Å². The fraction of sp³-hybridized carbons (Fsp3) is 0.417. The first-order chi connectivity index (χ1) is 8.95. The minimum atomic E-state index is -3.53. The molecular formula is C12H18N2O4S. The molecule has 0 bridgehead atoms. The molecule has 0 atom stereocenters. The summed E-state index contributed by atoms with van der Waals surface area (Å²) in [5.74, 6) is -0.137. The largest absolute Gasteiger partial charge is 0.396 e. The molecule has 0 spiro atoms. The van der Waals surface area contributed by atoms with E-state index >= 15 is 0 Å². The van der Waals surface area contributed by atoms with E-state index in [1.165, 1.54) is 19.1 Å². The molecule has 0 saturated carbocycles. The molecule has 0 aliphatic rings. The zero-order valence-corrected chi connectivity index (χ0v) is 11.5. The zero-order valence-electron chi connectivity index (χ0n) is 10.7. The molecule has 6 nitrogen and oxygen atoms in total. The Morgan fingerprint density at radius 3 is 2.42 bits per heavy atom. The monoisotopic (exact) mass is 286 g/mol. The van der Waals surface area contributed by atoms with Gasteiger partial charge in [-0.3, -0.25) is 4.79 Å². The van der Waals surface area contributed by atoms with Crippen molar-refractivity contribution in [2.45, 2.75) is 24.8 Å². The number of carbonyl (C=O) groups is 1. The van der Waals surface area contributed by atoms with Gasteiger partial charge in [0.25, 0.3) is 0 Å². The molecule has 3 N–H and O–H groups in total. The van der Waals surface area contributed by atoms with E-state index in [1.54, 1.807) is 12.1 Å². The summed E-state index contributed by atoms with van der Waals surface area (Å²) in [5, 5.41) is 11.2. The highest BCUT2D eigenvalue weighted by atomic mass is 32.2. The van der Waals surface area contributed by atoms with Crippen LogP contribution in [0.15, 0.2) is 29.2 Å². The fourth-order valence-corrected chi connectivity index (χ4v) is 2.46. The lowest BCUT2D eigenvalue weighted by atomic mass is 10.2. The summed E-state index contributed by atoms with van der Waals surface area (Å²) in [6.07, 6.45) is 0.375. The number of hydrogen-bond donors (Lipinski definition) is 3. The van der Waals surface area contributed by atoms with Crippen molar-refractivity contribution in [2.75, 3.05) is 13.2 Å². The Labute approximate surface area is 112 Å². The first-order valence-electron chi connectivity index (χ1n) is 5.89. The second-order valence-electron chi connectivity index (χ2n) is 4.03. The SMILES string of the molecule is CC(=O)NCc1ccc(S(=O)(=O)NCCCO)cc1. The number of rotatable bonds is 7. The third-order valence-corrected chi connectivity index (χ3v) is 3.88. The molecular weight excluding hydrogens is 268 g/mol. The Morgan fingerprint density at radius 2 is 1.89 bits per heavy atom. The highest BCUT2D eigenvalue weighted by molar-refractivity contribution is 7.89. The smallest absolute Gasteiger partial charge is 0.240 e. The molecule has 0 unspecified atom stereocenters. The Bertz CT molecular complexity index is 511. The van der Waals surface area contributed by atoms with Crippen LogP contribution in [-0.4, -0.2) is 32.6 Å². The Kier molecular flexibility index (Phi) is 5.94. The van der Waals surface area contributed by atoms with Gasteiger partial charge in [0.15, 0.2) is 0 Å². The Balaban J connectivity index is 2.66. The first kappa shape index (κ1) is 15.6. The molecule has 1 rings (SSSR count). The van der Waals surface area contributed by atoms with Gasteiger partial charge in [0, 0.05) is 26.6 Å². The first-order valence-corrected chi connectivity index (χ1v) is 7.38. The van der Waals surface area contributed by atoms with Crippen molar-refractivity contribution in [3.63, 3.8) is 0 Å². The maximum absolute atomic E-state index is 11.8. The maximum atomic E-state index is 11.8. The molecule has 0 saturated heterocycles. The van der Waals surface area contributed by atoms with Crippen molar-refractivity contribution >= 4 is 15.9 Å². The Morgan fingerprint density at radius 1 is 1.26 bits per heavy atom. The molecule has 0 radical (unpaired) electrons. The summed E-state index contributed by atoms with van der Waals surface area (Å²) >= 11 is 0. The molecule has 19 heavy (non-hydrogen) atoms. The molecule has 7 heteroatoms. The summed E-state index contributed by atoms with van der Waals surface area (Å²) in [6, 6.07) is 6.27. The second kappa shape index (κ2) is 7.22. The van der Waals surface area contributed by atoms with Crippen molar-refractivity contribution in [3.05, 3.63) is 29.8 Å². The molecule has 106 valence electrons. The van der Waals surface area contributed by atoms with E-state index in [2.05, 4.69) is 10.0 Å². The predicted octanol–water partition coefficient (Wildman–Crippen LogP) is -0.0166. The maximum Gasteiger partial charge on any atom is 0.240 e. The number of benzene rings is 1. The van der Waals surface area contributed by atoms with Crippen LogP contribution < -0.4 is 10.0 Å². The van der Waals surface area contributed by atoms with Gasteiger partial charge in [0.1, 0.15) is 0 Å². The quantitative estimate of drug-likeness (QED) is 0.614. The second-order valence-corrected chi connectivity index (χ2v) is 5.80. The highest BCUT2D eigenvalue weighted by Gasteiger charge is 2.12. The van der Waals surface area contributed by atoms with Gasteiger partial charge in [0.2, 0.25) is 15.9 Å². The van der Waals surface area contributed by atoms with Gasteiger partial charge in [0.05, 0.1) is 4.90 Å². The van der Waals surface area contributed by atoms with Crippen LogP contribution in [0.1, 0.15) is 18.9 Å². The Hall–Kier alpha value is -1.44. The molecule has 0 fully saturated rings. The minimum Gasteiger partial charge on any atom is -0.396 e. The van der Waals surface area contributed by atoms with Crippen molar-refractivity contribution < 1.29 is 18.3 Å². The number of amides is 1. The van der Waals surface area contributed by atoms with Crippen LogP contribution >= 0.6 is 0 Å². The number of carbonyl (C=O) groups excluding carboxylic acids is 1. The van der Waals surface area contributed by atoms with E-state index in [4.69, 9.17) is 5.11 Å². The van der Waals surface area contributed by atoms with E-state index in [1.807, 2.05) is 0 Å². The lowest BCUT2D eigenvalue weighted by molar-refractivity contribution is -0.119. The van der Waals surface area contributed by atoms with Gasteiger partial charge >= 0.3 is 0 Å². The summed E-state index contributed by atoms with van der Waals surface area (Å²) in [7, 11) is -3.53. The summed E-state index contributed by atoms with van der Waals surface area (Å²) in [5.41, 5.74) is 0.824. The third-order valence-electron chi connectivity index (χ3n) is 2.40. The van der Waals surface area contributed by atoms with Gasteiger partial charge in [-0.15, -0.1) is 0 Å². The average Bonchev–Trinajstić information content (AvgIpc) is 2.37. The summed E-state index contributed by atoms with van der Waals surface area (Å²) < 4.78 is 26.0. The number of aliphatic hydroxyl groups is 1. The van der Waals surface area contributed by atoms with Crippen LogP contribution in [0.4, 0.5) is 0 Å². The number of aliphatic hydroxyl groups excluding tert-OH is 1. The molecule has 1 aromatic carbocycles. The lowest BCUT2D eigenvalue weighted by Crippen LogP contribution is -2.25. The minimum absolute atomic E-state index is 0.0574. The van der Waals surface area contributed by atoms with Gasteiger partial charge in [-0.1, -0.05) is 12.1 Å². The normalized spacial score (nSPS) is 11.3. The number of hydrogen-bond acceptors (Lipinski definition) is 4. The van der Waals surface area contributed by atoms with Gasteiger partial charge in [-0.25, -0.2) is 13.1 Å². The predicted molar refractivity (Wildman–Crippen MR) is 70.9 cm³/mol. The fourth-order valence-electron chi connectivity index (χ4n) is 1.38.